The molecule has 1 aromatic carbocycles. The first kappa shape index (κ1) is 34.8. The van der Waals surface area contributed by atoms with Crippen LogP contribution in [0.1, 0.15) is 52.5 Å². The van der Waals surface area contributed by atoms with Crippen molar-refractivity contribution in [2.45, 2.75) is 77.7 Å². The highest BCUT2D eigenvalue weighted by Gasteiger charge is 2.31. The molecule has 1 aromatic rings. The first-order valence-corrected chi connectivity index (χ1v) is 13.3. The number of ether oxygens (including phenoxy) is 2. The molecule has 0 heterocycles. The van der Waals surface area contributed by atoms with Crippen molar-refractivity contribution in [2.75, 3.05) is 13.2 Å². The van der Waals surface area contributed by atoms with Crippen LogP contribution in [0, 0.1) is 5.92 Å². The quantitative estimate of drug-likeness (QED) is 0.132. The summed E-state index contributed by atoms with van der Waals surface area (Å²) in [4.78, 5) is 74.3. The highest BCUT2D eigenvalue weighted by atomic mass is 16.5. The summed E-state index contributed by atoms with van der Waals surface area (Å²) < 4.78 is 10.0. The summed E-state index contributed by atoms with van der Waals surface area (Å²) in [7, 11) is 0. The summed E-state index contributed by atoms with van der Waals surface area (Å²) in [5, 5.41) is 19.4. The summed E-state index contributed by atoms with van der Waals surface area (Å²) in [6, 6.07) is 3.89. The van der Waals surface area contributed by atoms with Crippen molar-refractivity contribution in [3.63, 3.8) is 0 Å². The Hall–Kier alpha value is -4.20. The Morgan fingerprint density at radius 1 is 0.829 bits per heavy atom. The van der Waals surface area contributed by atoms with E-state index in [2.05, 4.69) is 21.3 Å². The second kappa shape index (κ2) is 18.2. The molecule has 5 amide bonds. The van der Waals surface area contributed by atoms with E-state index in [0.29, 0.717) is 5.56 Å². The number of carbonyl (C=O) groups excluding carboxylic acids is 6. The number of aliphatic hydroxyl groups excluding tert-OH is 1. The number of carbonyl (C=O) groups is 6. The lowest BCUT2D eigenvalue weighted by molar-refractivity contribution is -0.143. The van der Waals surface area contributed by atoms with Gasteiger partial charge in [0.05, 0.1) is 13.2 Å². The molecule has 0 aliphatic rings. The number of hydrogen-bond acceptors (Lipinski definition) is 9. The SMILES string of the molecule is CCOC(=O)CC[C@H](NC(=O)OCc1ccccc1)C(=O)N[C@@H](CO)C(=O)N[C@@H](CC(C)C)C(=O)N[C@@H](C)C(N)=O. The van der Waals surface area contributed by atoms with Crippen molar-refractivity contribution in [2.24, 2.45) is 11.7 Å². The van der Waals surface area contributed by atoms with Crippen LogP contribution in [0.3, 0.4) is 0 Å². The first-order chi connectivity index (χ1) is 19.4. The van der Waals surface area contributed by atoms with Crippen molar-refractivity contribution >= 4 is 35.7 Å². The van der Waals surface area contributed by atoms with E-state index in [9.17, 15) is 33.9 Å². The molecule has 4 atom stereocenters. The number of aliphatic hydroxyl groups is 1. The average Bonchev–Trinajstić information content (AvgIpc) is 2.92. The molecule has 14 nitrogen and oxygen atoms in total. The van der Waals surface area contributed by atoms with Gasteiger partial charge in [0.1, 0.15) is 30.8 Å². The van der Waals surface area contributed by atoms with Gasteiger partial charge in [-0.2, -0.15) is 0 Å². The largest absolute Gasteiger partial charge is 0.466 e. The molecule has 0 bridgehead atoms. The second-order valence-corrected chi connectivity index (χ2v) is 9.67. The van der Waals surface area contributed by atoms with Crippen LogP contribution in [0.25, 0.3) is 0 Å². The van der Waals surface area contributed by atoms with Crippen LogP contribution < -0.4 is 27.0 Å². The lowest BCUT2D eigenvalue weighted by Gasteiger charge is -2.25. The summed E-state index contributed by atoms with van der Waals surface area (Å²) in [6.45, 7) is 5.84. The Labute approximate surface area is 239 Å². The monoisotopic (exact) mass is 579 g/mol. The Morgan fingerprint density at radius 3 is 1.98 bits per heavy atom. The number of nitrogens with one attached hydrogen (secondary N) is 4. The Balaban J connectivity index is 2.94. The van der Waals surface area contributed by atoms with Crippen LogP contribution in [0.4, 0.5) is 4.79 Å². The van der Waals surface area contributed by atoms with E-state index in [-0.39, 0.29) is 38.4 Å². The van der Waals surface area contributed by atoms with Crippen LogP contribution in [-0.2, 0) is 40.1 Å². The van der Waals surface area contributed by atoms with Crippen molar-refractivity contribution in [1.29, 1.82) is 0 Å². The molecular formula is C27H41N5O9. The van der Waals surface area contributed by atoms with E-state index in [1.807, 2.05) is 13.8 Å². The van der Waals surface area contributed by atoms with Gasteiger partial charge in [0, 0.05) is 6.42 Å². The molecule has 7 N–H and O–H groups in total. The molecule has 0 saturated heterocycles. The van der Waals surface area contributed by atoms with Crippen LogP contribution >= 0.6 is 0 Å². The van der Waals surface area contributed by atoms with E-state index in [0.717, 1.165) is 0 Å². The van der Waals surface area contributed by atoms with Gasteiger partial charge in [0.2, 0.25) is 23.6 Å². The van der Waals surface area contributed by atoms with E-state index >= 15 is 0 Å². The summed E-state index contributed by atoms with van der Waals surface area (Å²) >= 11 is 0. The molecule has 0 aliphatic carbocycles. The number of benzene rings is 1. The van der Waals surface area contributed by atoms with Crippen LogP contribution in [0.5, 0.6) is 0 Å². The minimum Gasteiger partial charge on any atom is -0.466 e. The molecular weight excluding hydrogens is 538 g/mol. The molecule has 228 valence electrons. The van der Waals surface area contributed by atoms with E-state index < -0.39 is 66.5 Å². The maximum atomic E-state index is 13.1. The van der Waals surface area contributed by atoms with Crippen molar-refractivity contribution in [3.8, 4) is 0 Å². The third-order valence-corrected chi connectivity index (χ3v) is 5.70. The van der Waals surface area contributed by atoms with Gasteiger partial charge >= 0.3 is 12.1 Å². The predicted molar refractivity (Wildman–Crippen MR) is 147 cm³/mol. The predicted octanol–water partition coefficient (Wildman–Crippen LogP) is -0.377. The van der Waals surface area contributed by atoms with Gasteiger partial charge in [-0.05, 0) is 38.2 Å². The Morgan fingerprint density at radius 2 is 1.41 bits per heavy atom. The smallest absolute Gasteiger partial charge is 0.408 e. The van der Waals surface area contributed by atoms with E-state index in [1.54, 1.807) is 37.3 Å². The molecule has 0 aromatic heterocycles. The number of alkyl carbamates (subject to hydrolysis) is 1. The fourth-order valence-corrected chi connectivity index (χ4v) is 3.50. The first-order valence-electron chi connectivity index (χ1n) is 13.3. The number of esters is 1. The zero-order chi connectivity index (χ0) is 30.9. The topological polar surface area (TPSA) is 215 Å². The summed E-state index contributed by atoms with van der Waals surface area (Å²) in [5.74, 6) is -3.85. The number of nitrogens with two attached hydrogens (primary N) is 1. The summed E-state index contributed by atoms with van der Waals surface area (Å²) in [5.41, 5.74) is 5.90. The lowest BCUT2D eigenvalue weighted by Crippen LogP contribution is -2.59. The lowest BCUT2D eigenvalue weighted by atomic mass is 10.0. The molecule has 14 heteroatoms. The fraction of sp³-hybridized carbons (Fsp3) is 0.556. The highest BCUT2D eigenvalue weighted by molar-refractivity contribution is 5.95. The molecule has 0 unspecified atom stereocenters. The van der Waals surface area contributed by atoms with Gasteiger partial charge in [0.15, 0.2) is 0 Å². The number of amides is 5. The van der Waals surface area contributed by atoms with Gasteiger partial charge in [-0.25, -0.2) is 4.79 Å². The van der Waals surface area contributed by atoms with Gasteiger partial charge in [-0.15, -0.1) is 0 Å². The highest BCUT2D eigenvalue weighted by Crippen LogP contribution is 2.07. The third-order valence-electron chi connectivity index (χ3n) is 5.70. The maximum Gasteiger partial charge on any atom is 0.408 e. The molecule has 1 rings (SSSR count). The normalized spacial score (nSPS) is 13.6. The molecule has 0 fully saturated rings. The van der Waals surface area contributed by atoms with E-state index in [4.69, 9.17) is 15.2 Å². The Bertz CT molecular complexity index is 1040. The molecule has 41 heavy (non-hydrogen) atoms. The second-order valence-electron chi connectivity index (χ2n) is 9.67. The minimum absolute atomic E-state index is 0.0459. The van der Waals surface area contributed by atoms with Crippen molar-refractivity contribution in [3.05, 3.63) is 35.9 Å². The summed E-state index contributed by atoms with van der Waals surface area (Å²) in [6.07, 6.45) is -1.17. The maximum absolute atomic E-state index is 13.1. The van der Waals surface area contributed by atoms with Gasteiger partial charge in [-0.3, -0.25) is 24.0 Å². The minimum atomic E-state index is -1.51. The zero-order valence-corrected chi connectivity index (χ0v) is 23.8. The van der Waals surface area contributed by atoms with Crippen LogP contribution in [0.15, 0.2) is 30.3 Å². The number of rotatable bonds is 17. The third kappa shape index (κ3) is 13.6. The number of primary amides is 1. The fourth-order valence-electron chi connectivity index (χ4n) is 3.50. The standard InChI is InChI=1S/C27H41N5O9/c1-5-40-22(34)12-11-19(32-27(39)41-15-18-9-7-6-8-10-18)24(36)31-21(14-33)26(38)30-20(13-16(2)3)25(37)29-17(4)23(28)35/h6-10,16-17,19-21,33H,5,11-15H2,1-4H3,(H2,28,35)(H,29,37)(H,30,38)(H,31,36)(H,32,39)/t17-,19-,20-,21-/m0/s1. The molecule has 0 saturated carbocycles. The molecule has 0 radical (unpaired) electrons. The van der Waals surface area contributed by atoms with E-state index in [1.165, 1.54) is 6.92 Å². The average molecular weight is 580 g/mol. The van der Waals surface area contributed by atoms with Crippen molar-refractivity contribution in [1.82, 2.24) is 21.3 Å². The zero-order valence-electron chi connectivity index (χ0n) is 23.8. The van der Waals surface area contributed by atoms with Crippen LogP contribution in [0.2, 0.25) is 0 Å². The number of hydrogen-bond donors (Lipinski definition) is 6. The molecule has 0 spiro atoms. The van der Waals surface area contributed by atoms with Crippen molar-refractivity contribution < 1.29 is 43.3 Å². The van der Waals surface area contributed by atoms with Gasteiger partial charge in [-0.1, -0.05) is 44.2 Å². The van der Waals surface area contributed by atoms with Gasteiger partial charge < -0.3 is 41.6 Å². The Kier molecular flexibility index (Phi) is 15.5. The van der Waals surface area contributed by atoms with Crippen LogP contribution in [-0.4, -0.2) is 78.2 Å². The van der Waals surface area contributed by atoms with Gasteiger partial charge in [0.25, 0.3) is 0 Å². The molecule has 0 aliphatic heterocycles.